The Morgan fingerprint density at radius 1 is 1.25 bits per heavy atom. The summed E-state index contributed by atoms with van der Waals surface area (Å²) in [7, 11) is 1.59. The fraction of sp³-hybridized carbons (Fsp3) is 0.444. The van der Waals surface area contributed by atoms with E-state index in [4.69, 9.17) is 19.1 Å². The number of amides is 1. The van der Waals surface area contributed by atoms with Gasteiger partial charge < -0.3 is 9.47 Å². The smallest absolute Gasteiger partial charge is 0.412 e. The van der Waals surface area contributed by atoms with E-state index in [1.165, 1.54) is 0 Å². The third-order valence-electron chi connectivity index (χ3n) is 2.57. The van der Waals surface area contributed by atoms with E-state index in [-0.39, 0.29) is 6.15 Å². The second-order valence-corrected chi connectivity index (χ2v) is 5.68. The van der Waals surface area contributed by atoms with E-state index in [1.54, 1.807) is 7.11 Å². The van der Waals surface area contributed by atoms with E-state index in [2.05, 4.69) is 24.1 Å². The molecule has 0 unspecified atom stereocenters. The van der Waals surface area contributed by atoms with E-state index < -0.39 is 11.7 Å². The third-order valence-corrected chi connectivity index (χ3v) is 2.57. The maximum Gasteiger partial charge on any atom is 0.412 e. The molecular weight excluding hydrogens is 310 g/mol. The molecule has 0 aromatic heterocycles. The van der Waals surface area contributed by atoms with Gasteiger partial charge in [0.1, 0.15) is 12.2 Å². The number of hydrogen-bond acceptors (Lipinski definition) is 5. The number of rotatable bonds is 3. The van der Waals surface area contributed by atoms with Crippen molar-refractivity contribution >= 4 is 17.9 Å². The molecule has 0 fully saturated rings. The van der Waals surface area contributed by atoms with Crippen molar-refractivity contribution in [2.75, 3.05) is 19.0 Å². The minimum Gasteiger partial charge on any atom is -0.444 e. The molecule has 0 heterocycles. The fourth-order valence-corrected chi connectivity index (χ4v) is 1.64. The van der Waals surface area contributed by atoms with Crippen LogP contribution < -0.4 is 5.32 Å². The Bertz CT molecular complexity index is 629. The quantitative estimate of drug-likeness (QED) is 0.860. The summed E-state index contributed by atoms with van der Waals surface area (Å²) in [6.07, 6.45) is 0.674. The summed E-state index contributed by atoms with van der Waals surface area (Å²) in [5.74, 6) is 5.91. The molecule has 0 atom stereocenters. The van der Waals surface area contributed by atoms with Gasteiger partial charge in [-0.3, -0.25) is 5.32 Å². The molecule has 0 spiro atoms. The lowest BCUT2D eigenvalue weighted by molar-refractivity contribution is -0.191. The van der Waals surface area contributed by atoms with Crippen LogP contribution in [0.5, 0.6) is 0 Å². The summed E-state index contributed by atoms with van der Waals surface area (Å²) in [6.45, 7) is 7.90. The zero-order valence-electron chi connectivity index (χ0n) is 14.7. The predicted octanol–water partition coefficient (Wildman–Crippen LogP) is 3.01. The van der Waals surface area contributed by atoms with Gasteiger partial charge in [0.15, 0.2) is 0 Å². The minimum atomic E-state index is -0.532. The Labute approximate surface area is 142 Å². The fourth-order valence-electron chi connectivity index (χ4n) is 1.64. The van der Waals surface area contributed by atoms with Crippen molar-refractivity contribution in [3.63, 3.8) is 0 Å². The molecule has 0 aliphatic carbocycles. The number of ether oxygens (including phenoxy) is 2. The summed E-state index contributed by atoms with van der Waals surface area (Å²) in [6, 6.07) is 5.78. The lowest BCUT2D eigenvalue weighted by Crippen LogP contribution is -2.27. The monoisotopic (exact) mass is 333 g/mol. The van der Waals surface area contributed by atoms with Crippen LogP contribution in [-0.4, -0.2) is 31.6 Å². The van der Waals surface area contributed by atoms with Crippen LogP contribution in [0, 0.1) is 11.8 Å². The number of carbonyl (C=O) groups excluding carboxylic acids is 3. The van der Waals surface area contributed by atoms with E-state index in [0.29, 0.717) is 12.3 Å². The highest BCUT2D eigenvalue weighted by Gasteiger charge is 2.17. The van der Waals surface area contributed by atoms with Crippen LogP contribution in [0.25, 0.3) is 0 Å². The first kappa shape index (κ1) is 21.4. The topological polar surface area (TPSA) is 81.7 Å². The number of nitrogens with one attached hydrogen (secondary N) is 1. The van der Waals surface area contributed by atoms with Crippen LogP contribution in [0.1, 0.15) is 38.8 Å². The Hall–Kier alpha value is -2.61. The lowest BCUT2D eigenvalue weighted by Gasteiger charge is -2.20. The third kappa shape index (κ3) is 9.42. The van der Waals surface area contributed by atoms with E-state index in [1.807, 2.05) is 39.0 Å². The van der Waals surface area contributed by atoms with Gasteiger partial charge >= 0.3 is 12.2 Å². The van der Waals surface area contributed by atoms with E-state index in [9.17, 15) is 4.79 Å². The molecule has 0 saturated heterocycles. The van der Waals surface area contributed by atoms with Gasteiger partial charge in [-0.25, -0.2) is 4.79 Å². The van der Waals surface area contributed by atoms with Gasteiger partial charge in [-0.2, -0.15) is 9.59 Å². The van der Waals surface area contributed by atoms with Gasteiger partial charge in [0.2, 0.25) is 0 Å². The zero-order valence-corrected chi connectivity index (χ0v) is 14.7. The summed E-state index contributed by atoms with van der Waals surface area (Å²) in [5, 5.41) is 2.74. The van der Waals surface area contributed by atoms with Gasteiger partial charge in [-0.1, -0.05) is 24.8 Å². The SMILES string of the molecule is CCc1ccc(NC(=O)OC(C)(C)C)c(C#CCOC)c1.O=C=O. The maximum atomic E-state index is 11.9. The standard InChI is InChI=1S/C17H23NO3.CO2/c1-6-13-9-10-15(14(12-13)8-7-11-20-5)18-16(19)21-17(2,3)4;2-1-3/h9-10,12H,6,11H2,1-5H3,(H,18,19);. The Morgan fingerprint density at radius 3 is 2.38 bits per heavy atom. The van der Waals surface area contributed by atoms with Gasteiger partial charge in [0.05, 0.1) is 5.69 Å². The predicted molar refractivity (Wildman–Crippen MR) is 89.4 cm³/mol. The summed E-state index contributed by atoms with van der Waals surface area (Å²) in [5.41, 5.74) is 2.03. The van der Waals surface area contributed by atoms with Gasteiger partial charge in [0.25, 0.3) is 0 Å². The molecule has 1 aromatic carbocycles. The molecule has 0 saturated carbocycles. The van der Waals surface area contributed by atoms with E-state index in [0.717, 1.165) is 17.5 Å². The van der Waals surface area contributed by atoms with Crippen LogP contribution in [0.4, 0.5) is 10.5 Å². The molecule has 0 aliphatic rings. The first-order chi connectivity index (χ1) is 11.3. The number of methoxy groups -OCH3 is 1. The lowest BCUT2D eigenvalue weighted by atomic mass is 10.1. The zero-order chi connectivity index (χ0) is 18.6. The normalized spacial score (nSPS) is 9.54. The van der Waals surface area contributed by atoms with Crippen LogP contribution in [-0.2, 0) is 25.5 Å². The molecule has 0 aliphatic heterocycles. The van der Waals surface area contributed by atoms with Crippen molar-refractivity contribution in [2.45, 2.75) is 39.7 Å². The summed E-state index contributed by atoms with van der Waals surface area (Å²) >= 11 is 0. The van der Waals surface area contributed by atoms with Crippen molar-refractivity contribution in [2.24, 2.45) is 0 Å². The highest BCUT2D eigenvalue weighted by atomic mass is 16.6. The number of anilines is 1. The number of hydrogen-bond donors (Lipinski definition) is 1. The number of benzene rings is 1. The summed E-state index contributed by atoms with van der Waals surface area (Å²) in [4.78, 5) is 28.1. The molecule has 1 amide bonds. The van der Waals surface area contributed by atoms with Crippen LogP contribution in [0.15, 0.2) is 18.2 Å². The first-order valence-corrected chi connectivity index (χ1v) is 7.37. The van der Waals surface area contributed by atoms with Gasteiger partial charge in [-0.15, -0.1) is 0 Å². The maximum absolute atomic E-state index is 11.9. The first-order valence-electron chi connectivity index (χ1n) is 7.37. The Kier molecular flexibility index (Phi) is 9.81. The molecule has 1 rings (SSSR count). The molecule has 130 valence electrons. The Morgan fingerprint density at radius 2 is 1.88 bits per heavy atom. The molecule has 24 heavy (non-hydrogen) atoms. The van der Waals surface area contributed by atoms with Crippen LogP contribution in [0.2, 0.25) is 0 Å². The highest BCUT2D eigenvalue weighted by Crippen LogP contribution is 2.18. The van der Waals surface area contributed by atoms with Gasteiger partial charge in [0, 0.05) is 12.7 Å². The molecular formula is C18H23NO5. The van der Waals surface area contributed by atoms with Crippen molar-refractivity contribution in [3.8, 4) is 11.8 Å². The summed E-state index contributed by atoms with van der Waals surface area (Å²) < 4.78 is 10.2. The second-order valence-electron chi connectivity index (χ2n) is 5.68. The van der Waals surface area contributed by atoms with Crippen molar-refractivity contribution in [1.29, 1.82) is 0 Å². The minimum absolute atomic E-state index is 0.250. The molecule has 6 heteroatoms. The van der Waals surface area contributed by atoms with Crippen molar-refractivity contribution < 1.29 is 23.9 Å². The average molecular weight is 333 g/mol. The molecule has 6 nitrogen and oxygen atoms in total. The van der Waals surface area contributed by atoms with Gasteiger partial charge in [-0.05, 0) is 44.9 Å². The number of aryl methyl sites for hydroxylation is 1. The van der Waals surface area contributed by atoms with Crippen molar-refractivity contribution in [1.82, 2.24) is 0 Å². The highest BCUT2D eigenvalue weighted by molar-refractivity contribution is 5.87. The Balaban J connectivity index is 0.00000163. The van der Waals surface area contributed by atoms with Crippen LogP contribution in [0.3, 0.4) is 0 Å². The average Bonchev–Trinajstić information content (AvgIpc) is 2.48. The van der Waals surface area contributed by atoms with E-state index >= 15 is 0 Å². The number of carbonyl (C=O) groups is 1. The van der Waals surface area contributed by atoms with Crippen LogP contribution >= 0.6 is 0 Å². The largest absolute Gasteiger partial charge is 0.444 e. The molecule has 0 radical (unpaired) electrons. The second kappa shape index (κ2) is 11.0. The molecule has 0 bridgehead atoms. The molecule has 1 aromatic rings. The molecule has 1 N–H and O–H groups in total. The van der Waals surface area contributed by atoms with Crippen molar-refractivity contribution in [3.05, 3.63) is 29.3 Å².